The molecule has 0 atom stereocenters. The number of rotatable bonds is 1. The summed E-state index contributed by atoms with van der Waals surface area (Å²) in [6.07, 6.45) is 2.39. The maximum atomic E-state index is 2.16. The first-order valence-electron chi connectivity index (χ1n) is 4.39. The van der Waals surface area contributed by atoms with Crippen LogP contribution in [-0.4, -0.2) is 0 Å². The van der Waals surface area contributed by atoms with Gasteiger partial charge in [-0.2, -0.15) is 0 Å². The third-order valence-electron chi connectivity index (χ3n) is 1.25. The third kappa shape index (κ3) is 13.8. The summed E-state index contributed by atoms with van der Waals surface area (Å²) in [5.41, 5.74) is 1.41. The van der Waals surface area contributed by atoms with Crippen molar-refractivity contribution in [2.24, 2.45) is 0 Å². The van der Waals surface area contributed by atoms with Crippen LogP contribution in [-0.2, 0) is 6.42 Å². The van der Waals surface area contributed by atoms with Gasteiger partial charge in [0, 0.05) is 0 Å². The zero-order valence-corrected chi connectivity index (χ0v) is 7.80. The lowest BCUT2D eigenvalue weighted by atomic mass is 10.2. The lowest BCUT2D eigenvalue weighted by molar-refractivity contribution is 1.09. The Bertz CT molecular complexity index is 153. The van der Waals surface area contributed by atoms with Gasteiger partial charge in [0.1, 0.15) is 0 Å². The molecule has 0 aliphatic rings. The Kier molecular flexibility index (Phi) is 30.0. The SMILES string of the molecule is C.C.C.CCC.CCc1ccccc1. The van der Waals surface area contributed by atoms with Crippen LogP contribution >= 0.6 is 0 Å². The highest BCUT2D eigenvalue weighted by molar-refractivity contribution is 5.13. The zero-order chi connectivity index (χ0) is 8.53. The average Bonchev–Trinajstić information content (AvgIpc) is 2.08. The van der Waals surface area contributed by atoms with Gasteiger partial charge in [-0.15, -0.1) is 0 Å². The average molecular weight is 198 g/mol. The summed E-state index contributed by atoms with van der Waals surface area (Å²) in [5.74, 6) is 0. The second-order valence-corrected chi connectivity index (χ2v) is 2.55. The first kappa shape index (κ1) is 23.2. The van der Waals surface area contributed by atoms with E-state index in [4.69, 9.17) is 0 Å². The fourth-order valence-corrected chi connectivity index (χ4v) is 0.714. The number of benzene rings is 1. The third-order valence-corrected chi connectivity index (χ3v) is 1.25. The lowest BCUT2D eigenvalue weighted by Gasteiger charge is -1.89. The second kappa shape index (κ2) is 18.1. The van der Waals surface area contributed by atoms with E-state index in [1.165, 1.54) is 12.0 Å². The summed E-state index contributed by atoms with van der Waals surface area (Å²) in [6.45, 7) is 6.41. The van der Waals surface area contributed by atoms with Gasteiger partial charge in [0.25, 0.3) is 0 Å². The molecule has 0 fully saturated rings. The minimum absolute atomic E-state index is 0. The van der Waals surface area contributed by atoms with E-state index in [0.29, 0.717) is 0 Å². The first-order chi connectivity index (χ1) is 5.35. The molecule has 14 heavy (non-hydrogen) atoms. The van der Waals surface area contributed by atoms with Gasteiger partial charge in [0.15, 0.2) is 0 Å². The van der Waals surface area contributed by atoms with Gasteiger partial charge in [-0.3, -0.25) is 0 Å². The predicted octanol–water partition coefficient (Wildman–Crippen LogP) is 5.57. The van der Waals surface area contributed by atoms with Gasteiger partial charge in [0.2, 0.25) is 0 Å². The maximum absolute atomic E-state index is 2.16. The van der Waals surface area contributed by atoms with Crippen LogP contribution in [0.2, 0.25) is 0 Å². The Morgan fingerprint density at radius 1 is 0.786 bits per heavy atom. The van der Waals surface area contributed by atoms with Crippen LogP contribution in [0.1, 0.15) is 55.0 Å². The maximum Gasteiger partial charge on any atom is -0.0307 e. The van der Waals surface area contributed by atoms with Gasteiger partial charge in [-0.25, -0.2) is 0 Å². The molecule has 1 rings (SSSR count). The molecule has 0 saturated carbocycles. The first-order valence-corrected chi connectivity index (χ1v) is 4.39. The van der Waals surface area contributed by atoms with Crippen molar-refractivity contribution < 1.29 is 0 Å². The number of hydrogen-bond donors (Lipinski definition) is 0. The van der Waals surface area contributed by atoms with Crippen LogP contribution in [0.3, 0.4) is 0 Å². The molecule has 0 saturated heterocycles. The van der Waals surface area contributed by atoms with Gasteiger partial charge in [0.05, 0.1) is 0 Å². The molecule has 0 heteroatoms. The quantitative estimate of drug-likeness (QED) is 0.553. The van der Waals surface area contributed by atoms with Crippen molar-refractivity contribution in [3.05, 3.63) is 35.9 Å². The van der Waals surface area contributed by atoms with Crippen LogP contribution in [0, 0.1) is 0 Å². The molecule has 0 aliphatic carbocycles. The van der Waals surface area contributed by atoms with Gasteiger partial charge in [-0.05, 0) is 12.0 Å². The predicted molar refractivity (Wildman–Crippen MR) is 72.0 cm³/mol. The summed E-state index contributed by atoms with van der Waals surface area (Å²) >= 11 is 0. The molecule has 0 unspecified atom stereocenters. The molecule has 1 aromatic carbocycles. The Morgan fingerprint density at radius 2 is 1.14 bits per heavy atom. The van der Waals surface area contributed by atoms with E-state index in [9.17, 15) is 0 Å². The molecular weight excluding hydrogens is 168 g/mol. The van der Waals surface area contributed by atoms with Crippen molar-refractivity contribution >= 4 is 0 Å². The summed E-state index contributed by atoms with van der Waals surface area (Å²) in [6, 6.07) is 10.5. The van der Waals surface area contributed by atoms with Crippen molar-refractivity contribution in [2.45, 2.75) is 55.9 Å². The topological polar surface area (TPSA) is 0 Å². The highest BCUT2D eigenvalue weighted by Crippen LogP contribution is 1.96. The highest BCUT2D eigenvalue weighted by atomic mass is 13.9. The molecule has 0 aromatic heterocycles. The molecular formula is C14H30. The summed E-state index contributed by atoms with van der Waals surface area (Å²) in [4.78, 5) is 0. The molecule has 86 valence electrons. The monoisotopic (exact) mass is 198 g/mol. The normalized spacial score (nSPS) is 6.50. The fraction of sp³-hybridized carbons (Fsp3) is 0.571. The molecule has 0 nitrogen and oxygen atoms in total. The van der Waals surface area contributed by atoms with Gasteiger partial charge in [-0.1, -0.05) is 79.8 Å². The molecule has 0 heterocycles. The summed E-state index contributed by atoms with van der Waals surface area (Å²) < 4.78 is 0. The van der Waals surface area contributed by atoms with Crippen molar-refractivity contribution in [3.8, 4) is 0 Å². The van der Waals surface area contributed by atoms with Crippen molar-refractivity contribution in [1.29, 1.82) is 0 Å². The Balaban J connectivity index is -0.0000000758. The zero-order valence-electron chi connectivity index (χ0n) is 7.80. The van der Waals surface area contributed by atoms with E-state index in [-0.39, 0.29) is 22.3 Å². The Hall–Kier alpha value is -0.780. The summed E-state index contributed by atoms with van der Waals surface area (Å²) in [5, 5.41) is 0. The van der Waals surface area contributed by atoms with Crippen LogP contribution in [0.5, 0.6) is 0 Å². The minimum atomic E-state index is 0. The van der Waals surface area contributed by atoms with E-state index in [2.05, 4.69) is 45.0 Å². The van der Waals surface area contributed by atoms with Crippen molar-refractivity contribution in [3.63, 3.8) is 0 Å². The van der Waals surface area contributed by atoms with E-state index < -0.39 is 0 Å². The van der Waals surface area contributed by atoms with E-state index in [1.54, 1.807) is 0 Å². The van der Waals surface area contributed by atoms with Crippen LogP contribution < -0.4 is 0 Å². The molecule has 0 bridgehead atoms. The molecule has 0 radical (unpaired) electrons. The lowest BCUT2D eigenvalue weighted by Crippen LogP contribution is -1.73. The Labute approximate surface area is 92.4 Å². The van der Waals surface area contributed by atoms with Crippen molar-refractivity contribution in [2.75, 3.05) is 0 Å². The number of hydrogen-bond acceptors (Lipinski definition) is 0. The molecule has 1 aromatic rings. The standard InChI is InChI=1S/C8H10.C3H8.3CH4/c1-2-8-6-4-3-5-7-8;1-3-2;;;/h3-7H,2H2,1H3;3H2,1-2H3;3*1H4. The van der Waals surface area contributed by atoms with Gasteiger partial charge >= 0.3 is 0 Å². The van der Waals surface area contributed by atoms with E-state index in [1.807, 2.05) is 6.07 Å². The molecule has 0 aliphatic heterocycles. The van der Waals surface area contributed by atoms with Crippen LogP contribution in [0.4, 0.5) is 0 Å². The number of aryl methyl sites for hydroxylation is 1. The van der Waals surface area contributed by atoms with Crippen molar-refractivity contribution in [1.82, 2.24) is 0 Å². The minimum Gasteiger partial charge on any atom is -0.0776 e. The van der Waals surface area contributed by atoms with Crippen LogP contribution in [0.25, 0.3) is 0 Å². The second-order valence-electron chi connectivity index (χ2n) is 2.55. The fourth-order valence-electron chi connectivity index (χ4n) is 0.714. The highest BCUT2D eigenvalue weighted by Gasteiger charge is 1.79. The largest absolute Gasteiger partial charge is 0.0776 e. The molecule has 0 amide bonds. The smallest absolute Gasteiger partial charge is 0.0307 e. The van der Waals surface area contributed by atoms with Gasteiger partial charge < -0.3 is 0 Å². The van der Waals surface area contributed by atoms with Crippen LogP contribution in [0.15, 0.2) is 30.3 Å². The molecule has 0 spiro atoms. The van der Waals surface area contributed by atoms with E-state index in [0.717, 1.165) is 6.42 Å². The summed E-state index contributed by atoms with van der Waals surface area (Å²) in [7, 11) is 0. The van der Waals surface area contributed by atoms with E-state index >= 15 is 0 Å². The molecule has 0 N–H and O–H groups in total. The Morgan fingerprint density at radius 3 is 1.36 bits per heavy atom.